The molecule has 0 spiro atoms. The van der Waals surface area contributed by atoms with Gasteiger partial charge in [0.15, 0.2) is 11.3 Å². The first-order valence-corrected chi connectivity index (χ1v) is 10.3. The highest BCUT2D eigenvalue weighted by Gasteiger charge is 2.39. The third kappa shape index (κ3) is 3.97. The number of ether oxygens (including phenoxy) is 1. The summed E-state index contributed by atoms with van der Waals surface area (Å²) < 4.78 is 47.8. The van der Waals surface area contributed by atoms with Crippen molar-refractivity contribution in [2.75, 3.05) is 26.7 Å². The number of halogens is 3. The molecule has 0 aliphatic carbocycles. The molecule has 1 fully saturated rings. The maximum absolute atomic E-state index is 14.1. The number of fused-ring (bicyclic) bond motifs is 1. The molecule has 10 nitrogen and oxygen atoms in total. The van der Waals surface area contributed by atoms with Crippen molar-refractivity contribution in [1.82, 2.24) is 29.4 Å². The lowest BCUT2D eigenvalue weighted by Gasteiger charge is -2.38. The van der Waals surface area contributed by atoms with Crippen molar-refractivity contribution in [2.24, 2.45) is 0 Å². The Morgan fingerprint density at radius 2 is 1.94 bits per heavy atom. The SMILES string of the molecule is COc1ccc(-c2nc3c(C(=O)N4CCN(C(=O)O)C[C@H]4C)cnn3c(C(F)(F)F)c2C)cn1. The van der Waals surface area contributed by atoms with E-state index in [1.165, 1.54) is 42.2 Å². The Hall–Kier alpha value is -3.90. The lowest BCUT2D eigenvalue weighted by molar-refractivity contribution is -0.143. The van der Waals surface area contributed by atoms with Crippen LogP contribution in [0.1, 0.15) is 28.5 Å². The molecule has 0 bridgehead atoms. The number of methoxy groups -OCH3 is 1. The summed E-state index contributed by atoms with van der Waals surface area (Å²) >= 11 is 0. The molecule has 1 aliphatic rings. The van der Waals surface area contributed by atoms with Gasteiger partial charge in [0.2, 0.25) is 5.88 Å². The fourth-order valence-corrected chi connectivity index (χ4v) is 4.07. The van der Waals surface area contributed by atoms with Crippen LogP contribution in [0.2, 0.25) is 0 Å². The summed E-state index contributed by atoms with van der Waals surface area (Å²) in [6.07, 6.45) is -3.46. The van der Waals surface area contributed by atoms with Gasteiger partial charge in [-0.05, 0) is 19.9 Å². The molecule has 0 aromatic carbocycles. The van der Waals surface area contributed by atoms with E-state index < -0.39 is 29.9 Å². The second-order valence-electron chi connectivity index (χ2n) is 7.89. The summed E-state index contributed by atoms with van der Waals surface area (Å²) in [5.41, 5.74) is -1.25. The van der Waals surface area contributed by atoms with E-state index in [0.29, 0.717) is 10.1 Å². The number of aromatic nitrogens is 4. The van der Waals surface area contributed by atoms with Gasteiger partial charge >= 0.3 is 12.3 Å². The predicted molar refractivity (Wildman–Crippen MR) is 113 cm³/mol. The first-order chi connectivity index (χ1) is 16.0. The van der Waals surface area contributed by atoms with Gasteiger partial charge in [0.25, 0.3) is 5.91 Å². The second-order valence-corrected chi connectivity index (χ2v) is 7.89. The van der Waals surface area contributed by atoms with Crippen LogP contribution in [0.5, 0.6) is 5.88 Å². The van der Waals surface area contributed by atoms with E-state index in [2.05, 4.69) is 15.1 Å². The zero-order valence-corrected chi connectivity index (χ0v) is 18.5. The van der Waals surface area contributed by atoms with Crippen molar-refractivity contribution in [3.8, 4) is 17.1 Å². The number of carboxylic acid groups (broad SMARTS) is 1. The Morgan fingerprint density at radius 3 is 2.50 bits per heavy atom. The van der Waals surface area contributed by atoms with Crippen LogP contribution in [0.15, 0.2) is 24.5 Å². The number of alkyl halides is 3. The molecule has 0 saturated carbocycles. The van der Waals surface area contributed by atoms with E-state index in [1.807, 2.05) is 0 Å². The van der Waals surface area contributed by atoms with Gasteiger partial charge in [-0.15, -0.1) is 0 Å². The number of pyridine rings is 1. The quantitative estimate of drug-likeness (QED) is 0.616. The number of piperazine rings is 1. The van der Waals surface area contributed by atoms with Crippen LogP contribution < -0.4 is 4.74 Å². The van der Waals surface area contributed by atoms with E-state index in [4.69, 9.17) is 4.74 Å². The Kier molecular flexibility index (Phi) is 5.79. The van der Waals surface area contributed by atoms with E-state index in [9.17, 15) is 27.9 Å². The molecule has 34 heavy (non-hydrogen) atoms. The van der Waals surface area contributed by atoms with E-state index in [1.54, 1.807) is 6.92 Å². The van der Waals surface area contributed by atoms with Crippen LogP contribution in [0.3, 0.4) is 0 Å². The normalized spacial score (nSPS) is 16.7. The molecule has 1 N–H and O–H groups in total. The average molecular weight is 478 g/mol. The predicted octanol–water partition coefficient (Wildman–Crippen LogP) is 2.95. The number of carbonyl (C=O) groups is 2. The van der Waals surface area contributed by atoms with E-state index in [0.717, 1.165) is 6.20 Å². The number of amides is 2. The molecule has 1 atom stereocenters. The summed E-state index contributed by atoms with van der Waals surface area (Å²) in [5, 5.41) is 13.0. The zero-order chi connectivity index (χ0) is 24.8. The number of rotatable bonds is 3. The number of nitrogens with zero attached hydrogens (tertiary/aromatic N) is 6. The van der Waals surface area contributed by atoms with E-state index in [-0.39, 0.29) is 48.0 Å². The third-order valence-corrected chi connectivity index (χ3v) is 5.76. The zero-order valence-electron chi connectivity index (χ0n) is 18.5. The molecule has 4 heterocycles. The molecule has 180 valence electrons. The van der Waals surface area contributed by atoms with Gasteiger partial charge in [0.1, 0.15) is 5.56 Å². The topological polar surface area (TPSA) is 113 Å². The van der Waals surface area contributed by atoms with Crippen molar-refractivity contribution in [1.29, 1.82) is 0 Å². The summed E-state index contributed by atoms with van der Waals surface area (Å²) in [5.74, 6) is -0.288. The van der Waals surface area contributed by atoms with Crippen molar-refractivity contribution >= 4 is 17.6 Å². The van der Waals surface area contributed by atoms with Crippen LogP contribution in [0.25, 0.3) is 16.9 Å². The fraction of sp³-hybridized carbons (Fsp3) is 0.381. The maximum atomic E-state index is 14.1. The molecular formula is C21H21F3N6O4. The molecule has 0 unspecified atom stereocenters. The van der Waals surface area contributed by atoms with Crippen LogP contribution in [0.4, 0.5) is 18.0 Å². The molecule has 2 amide bonds. The first kappa shape index (κ1) is 23.3. The first-order valence-electron chi connectivity index (χ1n) is 10.3. The molecule has 1 aliphatic heterocycles. The molecular weight excluding hydrogens is 457 g/mol. The van der Waals surface area contributed by atoms with Crippen LogP contribution in [-0.2, 0) is 6.18 Å². The standard InChI is InChI=1S/C21H21F3N6O4/c1-11-10-28(20(32)33)6-7-29(11)19(31)14-9-26-30-17(21(22,23)24)12(2)16(27-18(14)30)13-4-5-15(34-3)25-8-13/h4-5,8-9,11H,6-7,10H2,1-3H3,(H,32,33)/t11-/m1/s1. The Balaban J connectivity index is 1.83. The number of hydrogen-bond donors (Lipinski definition) is 1. The lowest BCUT2D eigenvalue weighted by Crippen LogP contribution is -2.55. The van der Waals surface area contributed by atoms with Gasteiger partial charge in [-0.3, -0.25) is 4.79 Å². The van der Waals surface area contributed by atoms with Crippen LogP contribution in [-0.4, -0.2) is 79.3 Å². The van der Waals surface area contributed by atoms with Gasteiger partial charge in [0, 0.05) is 49.1 Å². The van der Waals surface area contributed by atoms with Gasteiger partial charge in [0.05, 0.1) is 19.0 Å². The Bertz CT molecular complexity index is 1260. The van der Waals surface area contributed by atoms with Crippen LogP contribution in [0, 0.1) is 6.92 Å². The van der Waals surface area contributed by atoms with Gasteiger partial charge in [-0.2, -0.15) is 18.3 Å². The van der Waals surface area contributed by atoms with Crippen molar-refractivity contribution in [3.63, 3.8) is 0 Å². The highest BCUT2D eigenvalue weighted by atomic mass is 19.4. The lowest BCUT2D eigenvalue weighted by atomic mass is 10.1. The molecule has 4 rings (SSSR count). The van der Waals surface area contributed by atoms with Crippen molar-refractivity contribution < 1.29 is 32.6 Å². The minimum Gasteiger partial charge on any atom is -0.481 e. The van der Waals surface area contributed by atoms with Crippen molar-refractivity contribution in [2.45, 2.75) is 26.1 Å². The van der Waals surface area contributed by atoms with Gasteiger partial charge < -0.3 is 19.6 Å². The second kappa shape index (κ2) is 8.47. The number of carbonyl (C=O) groups excluding carboxylic acids is 1. The highest BCUT2D eigenvalue weighted by molar-refractivity contribution is 6.00. The minimum atomic E-state index is -4.77. The van der Waals surface area contributed by atoms with Gasteiger partial charge in [-0.1, -0.05) is 0 Å². The summed E-state index contributed by atoms with van der Waals surface area (Å²) in [7, 11) is 1.42. The average Bonchev–Trinajstić information content (AvgIpc) is 3.20. The fourth-order valence-electron chi connectivity index (χ4n) is 4.07. The molecule has 13 heteroatoms. The monoisotopic (exact) mass is 478 g/mol. The Labute approximate surface area is 191 Å². The van der Waals surface area contributed by atoms with Crippen molar-refractivity contribution in [3.05, 3.63) is 41.3 Å². The maximum Gasteiger partial charge on any atom is 0.433 e. The smallest absolute Gasteiger partial charge is 0.433 e. The Morgan fingerprint density at radius 1 is 1.21 bits per heavy atom. The molecule has 3 aromatic heterocycles. The molecule has 0 radical (unpaired) electrons. The summed E-state index contributed by atoms with van der Waals surface area (Å²) in [6, 6.07) is 2.55. The minimum absolute atomic E-state index is 0.00766. The molecule has 3 aromatic rings. The van der Waals surface area contributed by atoms with Crippen LogP contribution >= 0.6 is 0 Å². The molecule has 1 saturated heterocycles. The van der Waals surface area contributed by atoms with E-state index >= 15 is 0 Å². The highest BCUT2D eigenvalue weighted by Crippen LogP contribution is 2.36. The summed E-state index contributed by atoms with van der Waals surface area (Å²) in [4.78, 5) is 35.6. The summed E-state index contributed by atoms with van der Waals surface area (Å²) in [6.45, 7) is 3.23. The number of hydrogen-bond acceptors (Lipinski definition) is 6. The largest absolute Gasteiger partial charge is 0.481 e. The third-order valence-electron chi connectivity index (χ3n) is 5.76. The van der Waals surface area contributed by atoms with Gasteiger partial charge in [-0.25, -0.2) is 19.3 Å².